The molecular weight excluding hydrogens is 338 g/mol. The standard InChI is InChI=1S/C23H29NO3/c25-23(26)21-12-7-14-24(18-21)15-17-27-16-13-22(19-8-3-1-4-9-19)20-10-5-2-6-11-20/h1-6,8-11,21-22H,7,12-18H2,(H,25,26). The van der Waals surface area contributed by atoms with Crippen LogP contribution in [0, 0.1) is 5.92 Å². The average Bonchev–Trinajstić information content (AvgIpc) is 2.72. The normalized spacial score (nSPS) is 17.9. The van der Waals surface area contributed by atoms with Gasteiger partial charge < -0.3 is 14.7 Å². The second-order valence-electron chi connectivity index (χ2n) is 7.25. The molecule has 3 rings (SSSR count). The van der Waals surface area contributed by atoms with Crippen LogP contribution in [0.3, 0.4) is 0 Å². The van der Waals surface area contributed by atoms with Crippen molar-refractivity contribution in [3.05, 3.63) is 71.8 Å². The Morgan fingerprint density at radius 3 is 2.26 bits per heavy atom. The van der Waals surface area contributed by atoms with E-state index in [4.69, 9.17) is 4.74 Å². The van der Waals surface area contributed by atoms with Crippen molar-refractivity contribution in [1.29, 1.82) is 0 Å². The molecule has 1 atom stereocenters. The lowest BCUT2D eigenvalue weighted by molar-refractivity contribution is -0.143. The predicted molar refractivity (Wildman–Crippen MR) is 107 cm³/mol. The van der Waals surface area contributed by atoms with E-state index in [2.05, 4.69) is 53.4 Å². The molecule has 27 heavy (non-hydrogen) atoms. The van der Waals surface area contributed by atoms with Crippen LogP contribution in [0.15, 0.2) is 60.7 Å². The third kappa shape index (κ3) is 5.91. The molecule has 0 spiro atoms. The van der Waals surface area contributed by atoms with Gasteiger partial charge in [0.15, 0.2) is 0 Å². The zero-order chi connectivity index (χ0) is 18.9. The van der Waals surface area contributed by atoms with Gasteiger partial charge >= 0.3 is 5.97 Å². The molecular formula is C23H29NO3. The Morgan fingerprint density at radius 2 is 1.67 bits per heavy atom. The molecule has 0 radical (unpaired) electrons. The number of carbonyl (C=O) groups is 1. The van der Waals surface area contributed by atoms with Gasteiger partial charge in [-0.25, -0.2) is 0 Å². The summed E-state index contributed by atoms with van der Waals surface area (Å²) in [5, 5.41) is 9.19. The van der Waals surface area contributed by atoms with Gasteiger partial charge in [0.05, 0.1) is 12.5 Å². The number of nitrogens with zero attached hydrogens (tertiary/aromatic N) is 1. The molecule has 1 fully saturated rings. The van der Waals surface area contributed by atoms with Gasteiger partial charge in [0.1, 0.15) is 0 Å². The summed E-state index contributed by atoms with van der Waals surface area (Å²) in [6.45, 7) is 3.79. The molecule has 1 saturated heterocycles. The Kier molecular flexibility index (Phi) is 7.43. The minimum absolute atomic E-state index is 0.223. The van der Waals surface area contributed by atoms with Crippen LogP contribution in [0.4, 0.5) is 0 Å². The quantitative estimate of drug-likeness (QED) is 0.680. The molecule has 1 aliphatic rings. The smallest absolute Gasteiger partial charge is 0.307 e. The van der Waals surface area contributed by atoms with Gasteiger partial charge in [0.25, 0.3) is 0 Å². The summed E-state index contributed by atoms with van der Waals surface area (Å²) in [6.07, 6.45) is 2.69. The molecule has 0 aliphatic carbocycles. The van der Waals surface area contributed by atoms with E-state index in [-0.39, 0.29) is 5.92 Å². The first-order valence-corrected chi connectivity index (χ1v) is 9.87. The maximum atomic E-state index is 11.2. The minimum Gasteiger partial charge on any atom is -0.481 e. The van der Waals surface area contributed by atoms with Gasteiger partial charge in [-0.15, -0.1) is 0 Å². The Hall–Kier alpha value is -2.17. The number of likely N-dealkylation sites (tertiary alicyclic amines) is 1. The van der Waals surface area contributed by atoms with Crippen molar-refractivity contribution in [3.8, 4) is 0 Å². The second-order valence-corrected chi connectivity index (χ2v) is 7.25. The molecule has 2 aromatic rings. The molecule has 1 aliphatic heterocycles. The number of rotatable bonds is 9. The van der Waals surface area contributed by atoms with Gasteiger partial charge in [0, 0.05) is 25.6 Å². The van der Waals surface area contributed by atoms with Crippen LogP contribution >= 0.6 is 0 Å². The number of carboxylic acid groups (broad SMARTS) is 1. The summed E-state index contributed by atoms with van der Waals surface area (Å²) in [5.41, 5.74) is 2.63. The van der Waals surface area contributed by atoms with Gasteiger partial charge in [-0.2, -0.15) is 0 Å². The lowest BCUT2D eigenvalue weighted by atomic mass is 9.89. The Balaban J connectivity index is 1.46. The molecule has 0 saturated carbocycles. The van der Waals surface area contributed by atoms with Crippen molar-refractivity contribution in [2.75, 3.05) is 32.8 Å². The monoisotopic (exact) mass is 367 g/mol. The van der Waals surface area contributed by atoms with Crippen LogP contribution in [-0.2, 0) is 9.53 Å². The molecule has 0 aromatic heterocycles. The van der Waals surface area contributed by atoms with E-state index in [1.807, 2.05) is 12.1 Å². The van der Waals surface area contributed by atoms with Crippen molar-refractivity contribution in [2.24, 2.45) is 5.92 Å². The van der Waals surface area contributed by atoms with Crippen LogP contribution in [0.5, 0.6) is 0 Å². The number of piperidine rings is 1. The zero-order valence-corrected chi connectivity index (χ0v) is 15.8. The molecule has 4 nitrogen and oxygen atoms in total. The van der Waals surface area contributed by atoms with Gasteiger partial charge in [-0.1, -0.05) is 60.7 Å². The highest BCUT2D eigenvalue weighted by Gasteiger charge is 2.24. The van der Waals surface area contributed by atoms with Crippen molar-refractivity contribution < 1.29 is 14.6 Å². The molecule has 144 valence electrons. The highest BCUT2D eigenvalue weighted by molar-refractivity contribution is 5.70. The molecule has 1 unspecified atom stereocenters. The van der Waals surface area contributed by atoms with E-state index in [1.54, 1.807) is 0 Å². The molecule has 2 aromatic carbocycles. The van der Waals surface area contributed by atoms with Gasteiger partial charge in [-0.05, 0) is 36.9 Å². The molecule has 0 bridgehead atoms. The second kappa shape index (κ2) is 10.2. The van der Waals surface area contributed by atoms with Crippen molar-refractivity contribution >= 4 is 5.97 Å². The van der Waals surface area contributed by atoms with Crippen LogP contribution in [0.25, 0.3) is 0 Å². The van der Waals surface area contributed by atoms with Crippen LogP contribution in [-0.4, -0.2) is 48.8 Å². The van der Waals surface area contributed by atoms with E-state index < -0.39 is 5.97 Å². The van der Waals surface area contributed by atoms with Gasteiger partial charge in [0.2, 0.25) is 0 Å². The Labute approximate surface area is 161 Å². The number of ether oxygens (including phenoxy) is 1. The summed E-state index contributed by atoms with van der Waals surface area (Å²) < 4.78 is 5.92. The van der Waals surface area contributed by atoms with E-state index in [0.29, 0.717) is 25.7 Å². The van der Waals surface area contributed by atoms with Crippen molar-refractivity contribution in [1.82, 2.24) is 4.90 Å². The first kappa shape index (κ1) is 19.6. The largest absolute Gasteiger partial charge is 0.481 e. The SMILES string of the molecule is O=C(O)C1CCCN(CCOCCC(c2ccccc2)c2ccccc2)C1. The fraction of sp³-hybridized carbons (Fsp3) is 0.435. The summed E-state index contributed by atoms with van der Waals surface area (Å²) in [6, 6.07) is 21.1. The first-order chi connectivity index (χ1) is 13.2. The zero-order valence-electron chi connectivity index (χ0n) is 15.8. The Morgan fingerprint density at radius 1 is 1.04 bits per heavy atom. The van der Waals surface area contributed by atoms with E-state index in [0.717, 1.165) is 32.4 Å². The summed E-state index contributed by atoms with van der Waals surface area (Å²) in [7, 11) is 0. The fourth-order valence-corrected chi connectivity index (χ4v) is 3.85. The first-order valence-electron chi connectivity index (χ1n) is 9.87. The third-order valence-electron chi connectivity index (χ3n) is 5.36. The molecule has 4 heteroatoms. The van der Waals surface area contributed by atoms with E-state index in [9.17, 15) is 9.90 Å². The number of hydrogen-bond donors (Lipinski definition) is 1. The number of hydrogen-bond acceptors (Lipinski definition) is 3. The number of carboxylic acids is 1. The lowest BCUT2D eigenvalue weighted by Gasteiger charge is -2.30. The van der Waals surface area contributed by atoms with Crippen molar-refractivity contribution in [3.63, 3.8) is 0 Å². The summed E-state index contributed by atoms with van der Waals surface area (Å²) in [4.78, 5) is 13.4. The Bertz CT molecular complexity index is 650. The molecule has 0 amide bonds. The van der Waals surface area contributed by atoms with Gasteiger partial charge in [-0.3, -0.25) is 4.79 Å². The van der Waals surface area contributed by atoms with E-state index >= 15 is 0 Å². The van der Waals surface area contributed by atoms with Crippen LogP contribution in [0.1, 0.15) is 36.3 Å². The third-order valence-corrected chi connectivity index (χ3v) is 5.36. The summed E-state index contributed by atoms with van der Waals surface area (Å²) in [5.74, 6) is -0.563. The molecule has 1 heterocycles. The average molecular weight is 367 g/mol. The number of aliphatic carboxylic acids is 1. The van der Waals surface area contributed by atoms with Crippen LogP contribution in [0.2, 0.25) is 0 Å². The molecule has 1 N–H and O–H groups in total. The lowest BCUT2D eigenvalue weighted by Crippen LogP contribution is -2.40. The highest BCUT2D eigenvalue weighted by Crippen LogP contribution is 2.27. The highest BCUT2D eigenvalue weighted by atomic mass is 16.5. The number of benzene rings is 2. The maximum absolute atomic E-state index is 11.2. The predicted octanol–water partition coefficient (Wildman–Crippen LogP) is 4.02. The fourth-order valence-electron chi connectivity index (χ4n) is 3.85. The van der Waals surface area contributed by atoms with E-state index in [1.165, 1.54) is 11.1 Å². The van der Waals surface area contributed by atoms with Crippen molar-refractivity contribution in [2.45, 2.75) is 25.2 Å². The topological polar surface area (TPSA) is 49.8 Å². The maximum Gasteiger partial charge on any atom is 0.307 e. The van der Waals surface area contributed by atoms with Crippen LogP contribution < -0.4 is 0 Å². The summed E-state index contributed by atoms with van der Waals surface area (Å²) >= 11 is 0. The minimum atomic E-state index is -0.672.